The second-order valence-corrected chi connectivity index (χ2v) is 5.40. The number of ether oxygens (including phenoxy) is 1. The number of benzene rings is 1. The summed E-state index contributed by atoms with van der Waals surface area (Å²) in [5.74, 6) is -0.313. The molecule has 1 aromatic heterocycles. The lowest BCUT2D eigenvalue weighted by molar-refractivity contribution is -0.121. The molecule has 0 radical (unpaired) electrons. The third-order valence-corrected chi connectivity index (χ3v) is 3.98. The first-order chi connectivity index (χ1) is 9.10. The second-order valence-electron chi connectivity index (χ2n) is 4.47. The van der Waals surface area contributed by atoms with Crippen LogP contribution in [0.2, 0.25) is 5.02 Å². The van der Waals surface area contributed by atoms with Gasteiger partial charge in [-0.15, -0.1) is 0 Å². The summed E-state index contributed by atoms with van der Waals surface area (Å²) in [6.07, 6.45) is 0.488. The molecule has 1 unspecified atom stereocenters. The predicted octanol–water partition coefficient (Wildman–Crippen LogP) is 1.40. The Morgan fingerprint density at radius 1 is 1.53 bits per heavy atom. The second kappa shape index (κ2) is 4.68. The van der Waals surface area contributed by atoms with Crippen LogP contribution in [0.1, 0.15) is 6.42 Å². The van der Waals surface area contributed by atoms with Crippen molar-refractivity contribution in [3.8, 4) is 0 Å². The van der Waals surface area contributed by atoms with Crippen molar-refractivity contribution in [1.82, 2.24) is 8.75 Å². The van der Waals surface area contributed by atoms with Gasteiger partial charge in [0.05, 0.1) is 29.0 Å². The maximum Gasteiger partial charge on any atom is 0.247 e. The molecule has 1 saturated heterocycles. The molecular weight excluding hydrogens is 288 g/mol. The Balaban J connectivity index is 1.95. The highest BCUT2D eigenvalue weighted by molar-refractivity contribution is 7.00. The summed E-state index contributed by atoms with van der Waals surface area (Å²) in [5.41, 5.74) is 6.72. The Hall–Kier alpha value is -1.28. The van der Waals surface area contributed by atoms with Gasteiger partial charge in [0.1, 0.15) is 16.6 Å². The number of carbonyl (C=O) groups excluding carboxylic acids is 1. The molecule has 1 aromatic carbocycles. The Kier molecular flexibility index (Phi) is 3.14. The first kappa shape index (κ1) is 12.7. The zero-order valence-corrected chi connectivity index (χ0v) is 11.4. The van der Waals surface area contributed by atoms with Crippen molar-refractivity contribution in [3.63, 3.8) is 0 Å². The first-order valence-electron chi connectivity index (χ1n) is 5.69. The van der Waals surface area contributed by atoms with Gasteiger partial charge in [-0.2, -0.15) is 8.75 Å². The van der Waals surface area contributed by atoms with E-state index >= 15 is 0 Å². The van der Waals surface area contributed by atoms with Crippen molar-refractivity contribution >= 4 is 46.0 Å². The van der Waals surface area contributed by atoms with E-state index in [4.69, 9.17) is 22.1 Å². The molecule has 2 heterocycles. The largest absolute Gasteiger partial charge is 0.379 e. The van der Waals surface area contributed by atoms with Gasteiger partial charge in [0.25, 0.3) is 0 Å². The molecule has 1 atom stereocenters. The van der Waals surface area contributed by atoms with E-state index in [-0.39, 0.29) is 12.5 Å². The van der Waals surface area contributed by atoms with Gasteiger partial charge in [-0.25, -0.2) is 0 Å². The first-order valence-corrected chi connectivity index (χ1v) is 6.80. The van der Waals surface area contributed by atoms with Crippen molar-refractivity contribution in [2.45, 2.75) is 12.0 Å². The van der Waals surface area contributed by atoms with E-state index in [0.717, 1.165) is 11.7 Å². The molecule has 1 aliphatic rings. The van der Waals surface area contributed by atoms with Gasteiger partial charge in [-0.3, -0.25) is 4.79 Å². The number of fused-ring (bicyclic) bond motifs is 1. The Labute approximate surface area is 118 Å². The monoisotopic (exact) mass is 298 g/mol. The van der Waals surface area contributed by atoms with Crippen LogP contribution in [0.5, 0.6) is 0 Å². The molecular formula is C11H11ClN4O2S. The fourth-order valence-corrected chi connectivity index (χ4v) is 2.69. The minimum Gasteiger partial charge on any atom is -0.379 e. The number of carbonyl (C=O) groups is 1. The van der Waals surface area contributed by atoms with Gasteiger partial charge < -0.3 is 15.8 Å². The molecule has 8 heteroatoms. The van der Waals surface area contributed by atoms with Crippen molar-refractivity contribution in [3.05, 3.63) is 17.2 Å². The summed E-state index contributed by atoms with van der Waals surface area (Å²) < 4.78 is 13.4. The van der Waals surface area contributed by atoms with Gasteiger partial charge in [0, 0.05) is 6.61 Å². The highest BCUT2D eigenvalue weighted by Gasteiger charge is 2.38. The predicted molar refractivity (Wildman–Crippen MR) is 73.4 cm³/mol. The van der Waals surface area contributed by atoms with E-state index in [0.29, 0.717) is 34.8 Å². The SMILES string of the molecule is NC1(C(=O)Nc2c(Cl)ccc3nsnc23)CCOC1. The summed E-state index contributed by atoms with van der Waals surface area (Å²) in [5, 5.41) is 3.16. The number of anilines is 1. The molecule has 0 bridgehead atoms. The molecule has 19 heavy (non-hydrogen) atoms. The summed E-state index contributed by atoms with van der Waals surface area (Å²) in [4.78, 5) is 12.2. The number of nitrogens with zero attached hydrogens (tertiary/aromatic N) is 2. The van der Waals surface area contributed by atoms with Crippen LogP contribution in [0, 0.1) is 0 Å². The average Bonchev–Trinajstić information content (AvgIpc) is 3.02. The van der Waals surface area contributed by atoms with Gasteiger partial charge >= 0.3 is 0 Å². The molecule has 0 saturated carbocycles. The van der Waals surface area contributed by atoms with E-state index < -0.39 is 5.54 Å². The van der Waals surface area contributed by atoms with Crippen molar-refractivity contribution in [1.29, 1.82) is 0 Å². The smallest absolute Gasteiger partial charge is 0.247 e. The minimum atomic E-state index is -1.01. The van der Waals surface area contributed by atoms with Crippen molar-refractivity contribution < 1.29 is 9.53 Å². The van der Waals surface area contributed by atoms with Gasteiger partial charge in [-0.05, 0) is 18.6 Å². The highest BCUT2D eigenvalue weighted by atomic mass is 35.5. The normalized spacial score (nSPS) is 22.8. The maximum absolute atomic E-state index is 12.2. The molecule has 1 amide bonds. The van der Waals surface area contributed by atoms with Gasteiger partial charge in [0.15, 0.2) is 0 Å². The zero-order chi connectivity index (χ0) is 13.5. The standard InChI is InChI=1S/C11H11ClN4O2S/c12-6-1-2-7-9(16-19-15-7)8(6)14-10(17)11(13)3-4-18-5-11/h1-2H,3-5,13H2,(H,14,17). The molecule has 2 aromatic rings. The summed E-state index contributed by atoms with van der Waals surface area (Å²) >= 11 is 7.17. The molecule has 100 valence electrons. The summed E-state index contributed by atoms with van der Waals surface area (Å²) in [6, 6.07) is 3.43. The Bertz CT molecular complexity index is 639. The van der Waals surface area contributed by atoms with Crippen LogP contribution < -0.4 is 11.1 Å². The fraction of sp³-hybridized carbons (Fsp3) is 0.364. The third kappa shape index (κ3) is 2.18. The highest BCUT2D eigenvalue weighted by Crippen LogP contribution is 2.31. The number of nitrogens with two attached hydrogens (primary N) is 1. The lowest BCUT2D eigenvalue weighted by Crippen LogP contribution is -2.51. The van der Waals surface area contributed by atoms with E-state index in [9.17, 15) is 4.79 Å². The van der Waals surface area contributed by atoms with Gasteiger partial charge in [-0.1, -0.05) is 11.6 Å². The molecule has 6 nitrogen and oxygen atoms in total. The van der Waals surface area contributed by atoms with Crippen LogP contribution in [0.25, 0.3) is 11.0 Å². The average molecular weight is 299 g/mol. The van der Waals surface area contributed by atoms with E-state index in [1.807, 2.05) is 0 Å². The van der Waals surface area contributed by atoms with Crippen LogP contribution >= 0.6 is 23.3 Å². The summed E-state index contributed by atoms with van der Waals surface area (Å²) in [7, 11) is 0. The van der Waals surface area contributed by atoms with Crippen LogP contribution in [-0.4, -0.2) is 33.4 Å². The quantitative estimate of drug-likeness (QED) is 0.874. The third-order valence-electron chi connectivity index (χ3n) is 3.12. The van der Waals surface area contributed by atoms with Crippen LogP contribution in [-0.2, 0) is 9.53 Å². The van der Waals surface area contributed by atoms with Gasteiger partial charge in [0.2, 0.25) is 5.91 Å². The number of rotatable bonds is 2. The number of aromatic nitrogens is 2. The minimum absolute atomic E-state index is 0.210. The maximum atomic E-state index is 12.2. The molecule has 1 fully saturated rings. The van der Waals surface area contributed by atoms with Crippen LogP contribution in [0.4, 0.5) is 5.69 Å². The number of halogens is 1. The lowest BCUT2D eigenvalue weighted by atomic mass is 9.99. The van der Waals surface area contributed by atoms with E-state index in [1.165, 1.54) is 0 Å². The number of hydrogen-bond acceptors (Lipinski definition) is 6. The Morgan fingerprint density at radius 2 is 2.37 bits per heavy atom. The fourth-order valence-electron chi connectivity index (χ4n) is 1.94. The Morgan fingerprint density at radius 3 is 3.11 bits per heavy atom. The van der Waals surface area contributed by atoms with E-state index in [2.05, 4.69) is 14.1 Å². The number of amides is 1. The number of hydrogen-bond donors (Lipinski definition) is 2. The zero-order valence-electron chi connectivity index (χ0n) is 9.85. The summed E-state index contributed by atoms with van der Waals surface area (Å²) in [6.45, 7) is 0.696. The molecule has 0 spiro atoms. The molecule has 1 aliphatic heterocycles. The van der Waals surface area contributed by atoms with Crippen molar-refractivity contribution in [2.75, 3.05) is 18.5 Å². The lowest BCUT2D eigenvalue weighted by Gasteiger charge is -2.21. The number of nitrogens with one attached hydrogen (secondary N) is 1. The molecule has 0 aliphatic carbocycles. The van der Waals surface area contributed by atoms with Crippen molar-refractivity contribution in [2.24, 2.45) is 5.73 Å². The topological polar surface area (TPSA) is 90.1 Å². The van der Waals surface area contributed by atoms with Crippen LogP contribution in [0.15, 0.2) is 12.1 Å². The molecule has 3 rings (SSSR count). The van der Waals surface area contributed by atoms with Crippen LogP contribution in [0.3, 0.4) is 0 Å². The van der Waals surface area contributed by atoms with E-state index in [1.54, 1.807) is 12.1 Å². The molecule has 3 N–H and O–H groups in total.